The smallest absolute Gasteiger partial charge is 0.410 e. The van der Waals surface area contributed by atoms with Crippen LogP contribution in [-0.2, 0) is 4.74 Å². The van der Waals surface area contributed by atoms with Gasteiger partial charge in [-0.25, -0.2) is 9.78 Å². The first-order valence-electron chi connectivity index (χ1n) is 6.61. The Morgan fingerprint density at radius 2 is 2.30 bits per heavy atom. The molecule has 1 atom stereocenters. The van der Waals surface area contributed by atoms with Crippen molar-refractivity contribution in [2.75, 3.05) is 26.7 Å². The van der Waals surface area contributed by atoms with Crippen LogP contribution in [0, 0.1) is 0 Å². The van der Waals surface area contributed by atoms with Gasteiger partial charge in [-0.1, -0.05) is 11.3 Å². The van der Waals surface area contributed by atoms with E-state index < -0.39 is 5.60 Å². The fourth-order valence-corrected chi connectivity index (χ4v) is 2.86. The molecule has 1 saturated heterocycles. The van der Waals surface area contributed by atoms with Crippen LogP contribution in [0.3, 0.4) is 0 Å². The third-order valence-electron chi connectivity index (χ3n) is 2.88. The second-order valence-electron chi connectivity index (χ2n) is 5.63. The van der Waals surface area contributed by atoms with Crippen molar-refractivity contribution in [2.45, 2.75) is 32.4 Å². The number of aromatic nitrogens is 1. The summed E-state index contributed by atoms with van der Waals surface area (Å²) in [4.78, 5) is 19.2. The van der Waals surface area contributed by atoms with Crippen molar-refractivity contribution in [3.8, 4) is 5.19 Å². The Hall–Kier alpha value is -1.34. The average molecular weight is 299 g/mol. The third kappa shape index (κ3) is 3.61. The van der Waals surface area contributed by atoms with E-state index >= 15 is 0 Å². The van der Waals surface area contributed by atoms with Crippen molar-refractivity contribution in [1.29, 1.82) is 0 Å². The third-order valence-corrected chi connectivity index (χ3v) is 3.94. The van der Waals surface area contributed by atoms with Crippen LogP contribution in [0.5, 0.6) is 5.19 Å². The molecule has 1 unspecified atom stereocenters. The minimum absolute atomic E-state index is 0.0556. The van der Waals surface area contributed by atoms with Crippen LogP contribution in [0.1, 0.15) is 31.7 Å². The Labute approximate surface area is 123 Å². The predicted molar refractivity (Wildman–Crippen MR) is 77.2 cm³/mol. The number of carbonyl (C=O) groups excluding carboxylic acids is 1. The van der Waals surface area contributed by atoms with E-state index in [0.29, 0.717) is 18.3 Å². The predicted octanol–water partition coefficient (Wildman–Crippen LogP) is 2.03. The monoisotopic (exact) mass is 299 g/mol. The Morgan fingerprint density at radius 3 is 2.90 bits per heavy atom. The number of carbonyl (C=O) groups is 1. The molecule has 0 aliphatic carbocycles. The molecule has 1 aromatic rings. The van der Waals surface area contributed by atoms with Crippen LogP contribution < -0.4 is 10.1 Å². The van der Waals surface area contributed by atoms with Crippen LogP contribution in [0.4, 0.5) is 4.79 Å². The lowest BCUT2D eigenvalue weighted by atomic mass is 10.1. The van der Waals surface area contributed by atoms with E-state index in [0.717, 1.165) is 11.4 Å². The first kappa shape index (κ1) is 15.1. The molecular weight excluding hydrogens is 278 g/mol. The first-order chi connectivity index (χ1) is 9.40. The van der Waals surface area contributed by atoms with Gasteiger partial charge in [-0.15, -0.1) is 0 Å². The summed E-state index contributed by atoms with van der Waals surface area (Å²) in [6, 6.07) is -0.0556. The van der Waals surface area contributed by atoms with Gasteiger partial charge in [0.25, 0.3) is 5.19 Å². The highest BCUT2D eigenvalue weighted by molar-refractivity contribution is 7.13. The fourth-order valence-electron chi connectivity index (χ4n) is 2.02. The van der Waals surface area contributed by atoms with Crippen LogP contribution in [0.25, 0.3) is 0 Å². The van der Waals surface area contributed by atoms with Gasteiger partial charge in [-0.3, -0.25) is 4.90 Å². The van der Waals surface area contributed by atoms with E-state index in [9.17, 15) is 4.79 Å². The standard InChI is InChI=1S/C13H21N3O3S/c1-13(2,3)19-12(17)16-6-5-14-7-9(16)10-8-15-11(18-4)20-10/h8-9,14H,5-7H2,1-4H3. The summed E-state index contributed by atoms with van der Waals surface area (Å²) in [5.41, 5.74) is -0.488. The minimum Gasteiger partial charge on any atom is -0.473 e. The SMILES string of the molecule is COc1ncc(C2CNCCN2C(=O)OC(C)(C)C)s1. The van der Waals surface area contributed by atoms with Crippen LogP contribution in [-0.4, -0.2) is 48.3 Å². The number of hydrogen-bond acceptors (Lipinski definition) is 6. The molecule has 7 heteroatoms. The number of amides is 1. The highest BCUT2D eigenvalue weighted by atomic mass is 32.1. The van der Waals surface area contributed by atoms with Crippen molar-refractivity contribution in [3.05, 3.63) is 11.1 Å². The van der Waals surface area contributed by atoms with Crippen molar-refractivity contribution in [2.24, 2.45) is 0 Å². The number of methoxy groups -OCH3 is 1. The number of hydrogen-bond donors (Lipinski definition) is 1. The normalized spacial score (nSPS) is 19.8. The molecule has 6 nitrogen and oxygen atoms in total. The summed E-state index contributed by atoms with van der Waals surface area (Å²) in [5, 5.41) is 3.90. The molecule has 1 aliphatic heterocycles. The van der Waals surface area contributed by atoms with Gasteiger partial charge in [0.15, 0.2) is 0 Å². The number of thiazole rings is 1. The molecule has 1 amide bonds. The summed E-state index contributed by atoms with van der Waals surface area (Å²) in [6.45, 7) is 7.71. The lowest BCUT2D eigenvalue weighted by Gasteiger charge is -2.36. The van der Waals surface area contributed by atoms with Gasteiger partial charge in [0.2, 0.25) is 0 Å². The maximum Gasteiger partial charge on any atom is 0.410 e. The molecule has 0 bridgehead atoms. The number of ether oxygens (including phenoxy) is 2. The topological polar surface area (TPSA) is 63.7 Å². The maximum atomic E-state index is 12.3. The van der Waals surface area contributed by atoms with E-state index in [1.54, 1.807) is 18.2 Å². The van der Waals surface area contributed by atoms with Gasteiger partial charge in [0, 0.05) is 25.8 Å². The summed E-state index contributed by atoms with van der Waals surface area (Å²) < 4.78 is 10.6. The van der Waals surface area contributed by atoms with Crippen molar-refractivity contribution < 1.29 is 14.3 Å². The molecule has 0 radical (unpaired) electrons. The number of rotatable bonds is 2. The minimum atomic E-state index is -0.488. The number of nitrogens with one attached hydrogen (secondary N) is 1. The molecular formula is C13H21N3O3S. The van der Waals surface area contributed by atoms with E-state index in [1.165, 1.54) is 11.3 Å². The highest BCUT2D eigenvalue weighted by Gasteiger charge is 2.32. The van der Waals surface area contributed by atoms with Gasteiger partial charge in [0.05, 0.1) is 18.0 Å². The molecule has 0 spiro atoms. The zero-order valence-corrected chi connectivity index (χ0v) is 13.1. The zero-order valence-electron chi connectivity index (χ0n) is 12.3. The molecule has 2 rings (SSSR count). The Kier molecular flexibility index (Phi) is 4.49. The molecule has 1 aromatic heterocycles. The zero-order chi connectivity index (χ0) is 14.8. The largest absolute Gasteiger partial charge is 0.473 e. The summed E-state index contributed by atoms with van der Waals surface area (Å²) >= 11 is 1.46. The van der Waals surface area contributed by atoms with Gasteiger partial charge >= 0.3 is 6.09 Å². The average Bonchev–Trinajstić information content (AvgIpc) is 2.85. The second kappa shape index (κ2) is 5.97. The Morgan fingerprint density at radius 1 is 1.55 bits per heavy atom. The second-order valence-corrected chi connectivity index (χ2v) is 6.65. The highest BCUT2D eigenvalue weighted by Crippen LogP contribution is 2.31. The van der Waals surface area contributed by atoms with E-state index in [1.807, 2.05) is 20.8 Å². The molecule has 1 fully saturated rings. The quantitative estimate of drug-likeness (QED) is 0.905. The summed E-state index contributed by atoms with van der Waals surface area (Å²) in [6.07, 6.45) is 1.48. The molecule has 1 N–H and O–H groups in total. The maximum absolute atomic E-state index is 12.3. The first-order valence-corrected chi connectivity index (χ1v) is 7.42. The molecule has 0 saturated carbocycles. The Balaban J connectivity index is 2.14. The van der Waals surface area contributed by atoms with E-state index in [-0.39, 0.29) is 12.1 Å². The van der Waals surface area contributed by atoms with Gasteiger partial charge in [0.1, 0.15) is 5.60 Å². The van der Waals surface area contributed by atoms with Crippen molar-refractivity contribution in [1.82, 2.24) is 15.2 Å². The van der Waals surface area contributed by atoms with Gasteiger partial charge < -0.3 is 14.8 Å². The lowest BCUT2D eigenvalue weighted by molar-refractivity contribution is 0.0121. The molecule has 20 heavy (non-hydrogen) atoms. The molecule has 2 heterocycles. The van der Waals surface area contributed by atoms with E-state index in [2.05, 4.69) is 10.3 Å². The van der Waals surface area contributed by atoms with Gasteiger partial charge in [-0.05, 0) is 20.8 Å². The van der Waals surface area contributed by atoms with Crippen LogP contribution in [0.2, 0.25) is 0 Å². The Bertz CT molecular complexity index is 470. The van der Waals surface area contributed by atoms with Crippen LogP contribution >= 0.6 is 11.3 Å². The molecule has 0 aromatic carbocycles. The molecule has 1 aliphatic rings. The van der Waals surface area contributed by atoms with E-state index in [4.69, 9.17) is 9.47 Å². The number of nitrogens with zero attached hydrogens (tertiary/aromatic N) is 2. The lowest BCUT2D eigenvalue weighted by Crippen LogP contribution is -2.49. The summed E-state index contributed by atoms with van der Waals surface area (Å²) in [5.74, 6) is 0. The van der Waals surface area contributed by atoms with Crippen molar-refractivity contribution >= 4 is 17.4 Å². The van der Waals surface area contributed by atoms with Gasteiger partial charge in [-0.2, -0.15) is 0 Å². The van der Waals surface area contributed by atoms with Crippen molar-refractivity contribution in [3.63, 3.8) is 0 Å². The fraction of sp³-hybridized carbons (Fsp3) is 0.692. The molecule has 112 valence electrons. The van der Waals surface area contributed by atoms with Crippen LogP contribution in [0.15, 0.2) is 6.20 Å². The summed E-state index contributed by atoms with van der Waals surface area (Å²) in [7, 11) is 1.59. The number of piperazine rings is 1.